The highest BCUT2D eigenvalue weighted by molar-refractivity contribution is 7.98. The molecule has 0 radical (unpaired) electrons. The second-order valence-corrected chi connectivity index (χ2v) is 9.53. The Morgan fingerprint density at radius 2 is 2.22 bits per heavy atom. The van der Waals surface area contributed by atoms with Crippen LogP contribution in [0.5, 0.6) is 5.75 Å². The number of aromatic nitrogens is 1. The summed E-state index contributed by atoms with van der Waals surface area (Å²) in [5.41, 5.74) is 8.88. The Morgan fingerprint density at radius 1 is 1.37 bits per heavy atom. The number of rotatable bonds is 3. The van der Waals surface area contributed by atoms with E-state index < -0.39 is 9.71 Å². The molecule has 27 heavy (non-hydrogen) atoms. The fraction of sp³-hybridized carbons (Fsp3) is 0.368. The highest BCUT2D eigenvalue weighted by Gasteiger charge is 2.28. The van der Waals surface area contributed by atoms with E-state index in [1.807, 2.05) is 22.5 Å². The third-order valence-electron chi connectivity index (χ3n) is 5.00. The van der Waals surface area contributed by atoms with E-state index in [0.717, 1.165) is 42.0 Å². The van der Waals surface area contributed by atoms with E-state index >= 15 is 0 Å². The predicted molar refractivity (Wildman–Crippen MR) is 110 cm³/mol. The van der Waals surface area contributed by atoms with Gasteiger partial charge in [-0.15, -0.1) is 0 Å². The summed E-state index contributed by atoms with van der Waals surface area (Å²) in [6.07, 6.45) is 2.50. The molecule has 2 aliphatic heterocycles. The molecule has 144 valence electrons. The lowest BCUT2D eigenvalue weighted by molar-refractivity contribution is 0.326. The summed E-state index contributed by atoms with van der Waals surface area (Å²) in [5, 5.41) is 3.55. The van der Waals surface area contributed by atoms with E-state index in [1.54, 1.807) is 6.20 Å². The van der Waals surface area contributed by atoms with Crippen molar-refractivity contribution in [2.24, 2.45) is 5.73 Å². The minimum Gasteiger partial charge on any atom is -0.492 e. The molecular weight excluding hydrogens is 384 g/mol. The van der Waals surface area contributed by atoms with Crippen LogP contribution in [0.15, 0.2) is 35.4 Å². The zero-order valence-electron chi connectivity index (χ0n) is 15.0. The van der Waals surface area contributed by atoms with Crippen molar-refractivity contribution in [3.05, 3.63) is 41.2 Å². The van der Waals surface area contributed by atoms with Crippen LogP contribution in [0.3, 0.4) is 0 Å². The number of ether oxygens (including phenoxy) is 1. The molecule has 1 fully saturated rings. The van der Waals surface area contributed by atoms with Crippen molar-refractivity contribution in [3.8, 4) is 16.9 Å². The number of nitrogens with one attached hydrogen (secondary N) is 1. The molecule has 1 aromatic heterocycles. The van der Waals surface area contributed by atoms with Crippen molar-refractivity contribution in [1.29, 1.82) is 0 Å². The number of fused-ring (bicyclic) bond motifs is 1. The third kappa shape index (κ3) is 3.70. The molecule has 2 aromatic rings. The maximum atomic E-state index is 13.4. The SMILES string of the molecule is C=S(=O)(c1cc(-c2ccc3c(c2)CNCCO3)cnc1Cl)N1CCC(N)C1. The molecular formula is C19H23ClN4O2S. The Morgan fingerprint density at radius 3 is 3.00 bits per heavy atom. The van der Waals surface area contributed by atoms with Gasteiger partial charge in [0.15, 0.2) is 0 Å². The quantitative estimate of drug-likeness (QED) is 0.601. The molecule has 1 saturated heterocycles. The van der Waals surface area contributed by atoms with Crippen molar-refractivity contribution in [3.63, 3.8) is 0 Å². The Labute approximate surface area is 164 Å². The fourth-order valence-corrected chi connectivity index (χ4v) is 5.67. The van der Waals surface area contributed by atoms with Crippen LogP contribution in [0.1, 0.15) is 12.0 Å². The van der Waals surface area contributed by atoms with Crippen LogP contribution < -0.4 is 15.8 Å². The van der Waals surface area contributed by atoms with Gasteiger partial charge in [-0.1, -0.05) is 17.7 Å². The molecule has 2 unspecified atom stereocenters. The second-order valence-electron chi connectivity index (χ2n) is 6.94. The number of halogens is 1. The van der Waals surface area contributed by atoms with Crippen molar-refractivity contribution >= 4 is 27.2 Å². The number of hydrogen-bond donors (Lipinski definition) is 2. The summed E-state index contributed by atoms with van der Waals surface area (Å²) in [7, 11) is -2.73. The van der Waals surface area contributed by atoms with Crippen LogP contribution in [-0.2, 0) is 16.3 Å². The van der Waals surface area contributed by atoms with Crippen LogP contribution in [-0.4, -0.2) is 51.7 Å². The van der Waals surface area contributed by atoms with Gasteiger partial charge >= 0.3 is 0 Å². The van der Waals surface area contributed by atoms with Crippen LogP contribution >= 0.6 is 11.6 Å². The number of benzene rings is 1. The first kappa shape index (κ1) is 18.7. The summed E-state index contributed by atoms with van der Waals surface area (Å²) in [4.78, 5) is 4.74. The number of nitrogens with two attached hydrogens (primary N) is 1. The van der Waals surface area contributed by atoms with Crippen molar-refractivity contribution in [1.82, 2.24) is 14.6 Å². The summed E-state index contributed by atoms with van der Waals surface area (Å²) in [6.45, 7) is 3.41. The van der Waals surface area contributed by atoms with Crippen LogP contribution in [0.25, 0.3) is 11.1 Å². The van der Waals surface area contributed by atoms with E-state index in [2.05, 4.69) is 22.2 Å². The number of pyridine rings is 1. The van der Waals surface area contributed by atoms with E-state index in [4.69, 9.17) is 22.1 Å². The average Bonchev–Trinajstić information content (AvgIpc) is 2.96. The lowest BCUT2D eigenvalue weighted by atomic mass is 10.0. The Balaban J connectivity index is 1.72. The summed E-state index contributed by atoms with van der Waals surface area (Å²) in [6, 6.07) is 7.86. The standard InChI is InChI=1S/C19H23ClN4O2S/c1-27(25,24-6-4-16(21)12-24)18-9-14(11-23-19(18)20)13-2-3-17-15(8-13)10-22-5-7-26-17/h2-3,8-9,11,16,22H,1,4-7,10,12,21H2. The number of nitrogens with zero attached hydrogens (tertiary/aromatic N) is 2. The van der Waals surface area contributed by atoms with Gasteiger partial charge < -0.3 is 15.8 Å². The summed E-state index contributed by atoms with van der Waals surface area (Å²) < 4.78 is 21.0. The smallest absolute Gasteiger partial charge is 0.145 e. The molecule has 1 aromatic carbocycles. The normalized spacial score (nSPS) is 22.5. The Kier molecular flexibility index (Phi) is 5.13. The molecule has 4 rings (SSSR count). The monoisotopic (exact) mass is 406 g/mol. The van der Waals surface area contributed by atoms with Crippen LogP contribution in [0, 0.1) is 0 Å². The largest absolute Gasteiger partial charge is 0.492 e. The highest BCUT2D eigenvalue weighted by atomic mass is 35.5. The van der Waals surface area contributed by atoms with Crippen LogP contribution in [0.2, 0.25) is 5.15 Å². The van der Waals surface area contributed by atoms with Crippen molar-refractivity contribution in [2.75, 3.05) is 26.2 Å². The molecule has 0 saturated carbocycles. The predicted octanol–water partition coefficient (Wildman–Crippen LogP) is 1.91. The molecule has 3 heterocycles. The minimum atomic E-state index is -2.73. The molecule has 3 N–H and O–H groups in total. The molecule has 0 bridgehead atoms. The molecule has 0 spiro atoms. The van der Waals surface area contributed by atoms with Gasteiger partial charge in [0.25, 0.3) is 0 Å². The number of hydrogen-bond acceptors (Lipinski definition) is 5. The van der Waals surface area contributed by atoms with E-state index in [-0.39, 0.29) is 11.2 Å². The molecule has 6 nitrogen and oxygen atoms in total. The molecule has 0 aliphatic carbocycles. The van der Waals surface area contributed by atoms with E-state index in [9.17, 15) is 4.21 Å². The summed E-state index contributed by atoms with van der Waals surface area (Å²) >= 11 is 6.30. The van der Waals surface area contributed by atoms with Crippen molar-refractivity contribution < 1.29 is 8.95 Å². The van der Waals surface area contributed by atoms with Gasteiger partial charge in [0.2, 0.25) is 0 Å². The maximum absolute atomic E-state index is 13.4. The van der Waals surface area contributed by atoms with Crippen LogP contribution in [0.4, 0.5) is 0 Å². The Bertz CT molecular complexity index is 964. The molecule has 2 aliphatic rings. The van der Waals surface area contributed by atoms with Gasteiger partial charge in [0.1, 0.15) is 17.5 Å². The first-order valence-corrected chi connectivity index (χ1v) is 11.0. The Hall–Kier alpha value is -1.64. The lowest BCUT2D eigenvalue weighted by Crippen LogP contribution is -2.32. The first-order valence-electron chi connectivity index (χ1n) is 8.95. The van der Waals surface area contributed by atoms with Gasteiger partial charge in [0, 0.05) is 49.5 Å². The van der Waals surface area contributed by atoms with Gasteiger partial charge in [-0.2, -0.15) is 0 Å². The average molecular weight is 407 g/mol. The maximum Gasteiger partial charge on any atom is 0.145 e. The molecule has 8 heteroatoms. The van der Waals surface area contributed by atoms with Gasteiger partial charge in [-0.25, -0.2) is 13.5 Å². The van der Waals surface area contributed by atoms with Gasteiger partial charge in [0.05, 0.1) is 14.6 Å². The summed E-state index contributed by atoms with van der Waals surface area (Å²) in [5.74, 6) is 4.87. The second kappa shape index (κ2) is 7.41. The highest BCUT2D eigenvalue weighted by Crippen LogP contribution is 2.32. The topological polar surface area (TPSA) is 80.5 Å². The van der Waals surface area contributed by atoms with Gasteiger partial charge in [-0.05, 0) is 36.1 Å². The molecule has 2 atom stereocenters. The lowest BCUT2D eigenvalue weighted by Gasteiger charge is -2.22. The minimum absolute atomic E-state index is 0.0135. The van der Waals surface area contributed by atoms with E-state index in [1.165, 1.54) is 0 Å². The van der Waals surface area contributed by atoms with Crippen molar-refractivity contribution in [2.45, 2.75) is 23.9 Å². The zero-order chi connectivity index (χ0) is 19.0. The fourth-order valence-electron chi connectivity index (χ4n) is 3.46. The third-order valence-corrected chi connectivity index (χ3v) is 7.58. The van der Waals surface area contributed by atoms with Gasteiger partial charge in [-0.3, -0.25) is 0 Å². The molecule has 0 amide bonds. The zero-order valence-corrected chi connectivity index (χ0v) is 16.6. The van der Waals surface area contributed by atoms with E-state index in [0.29, 0.717) is 24.6 Å². The first-order chi connectivity index (χ1) is 12.9.